The van der Waals surface area contributed by atoms with E-state index in [4.69, 9.17) is 0 Å². The number of hydrogen-bond donors (Lipinski definition) is 1. The van der Waals surface area contributed by atoms with E-state index in [1.54, 1.807) is 26.0 Å². The summed E-state index contributed by atoms with van der Waals surface area (Å²) in [6.07, 6.45) is -4.37. The van der Waals surface area contributed by atoms with Crippen LogP contribution in [0.5, 0.6) is 0 Å². The average molecular weight is 297 g/mol. The fourth-order valence-electron chi connectivity index (χ4n) is 2.01. The molecule has 0 spiro atoms. The summed E-state index contributed by atoms with van der Waals surface area (Å²) >= 11 is 0. The normalized spacial score (nSPS) is 11.5. The molecule has 0 aliphatic carbocycles. The Labute approximate surface area is 120 Å². The maximum atomic E-state index is 12.8. The smallest absolute Gasteiger partial charge is 0.381 e. The van der Waals surface area contributed by atoms with Crippen LogP contribution in [0.1, 0.15) is 22.3 Å². The highest BCUT2D eigenvalue weighted by Gasteiger charge is 2.31. The molecule has 2 aromatic rings. The molecule has 0 bridgehead atoms. The van der Waals surface area contributed by atoms with Crippen molar-refractivity contribution in [1.82, 2.24) is 0 Å². The van der Waals surface area contributed by atoms with Gasteiger partial charge in [0.05, 0.1) is 5.56 Å². The molecule has 0 radical (unpaired) electrons. The molecule has 0 amide bonds. The summed E-state index contributed by atoms with van der Waals surface area (Å²) in [5.41, 5.74) is 1.90. The van der Waals surface area contributed by atoms with Gasteiger partial charge in [-0.05, 0) is 54.8 Å². The van der Waals surface area contributed by atoms with E-state index in [2.05, 4.69) is 5.32 Å². The standard InChI is InChI=1S/C16H15F4N/c1-10-7-13(16(18,19)20)8-15(11(10)2)21-9-12-3-5-14(17)6-4-12/h3-8,21H,9H2,1-2H3. The topological polar surface area (TPSA) is 12.0 Å². The summed E-state index contributed by atoms with van der Waals surface area (Å²) in [5.74, 6) is -0.343. The van der Waals surface area contributed by atoms with Gasteiger partial charge in [0.25, 0.3) is 0 Å². The van der Waals surface area contributed by atoms with Crippen molar-refractivity contribution in [2.45, 2.75) is 26.6 Å². The summed E-state index contributed by atoms with van der Waals surface area (Å²) in [7, 11) is 0. The minimum atomic E-state index is -4.37. The molecule has 1 N–H and O–H groups in total. The molecule has 112 valence electrons. The van der Waals surface area contributed by atoms with Crippen LogP contribution in [0.2, 0.25) is 0 Å². The van der Waals surface area contributed by atoms with Gasteiger partial charge in [-0.15, -0.1) is 0 Å². The van der Waals surface area contributed by atoms with E-state index in [0.29, 0.717) is 17.8 Å². The monoisotopic (exact) mass is 297 g/mol. The van der Waals surface area contributed by atoms with Crippen molar-refractivity contribution in [2.75, 3.05) is 5.32 Å². The molecule has 0 aromatic heterocycles. The molecule has 21 heavy (non-hydrogen) atoms. The SMILES string of the molecule is Cc1cc(C(F)(F)F)cc(NCc2ccc(F)cc2)c1C. The van der Waals surface area contributed by atoms with Crippen molar-refractivity contribution >= 4 is 5.69 Å². The molecule has 1 nitrogen and oxygen atoms in total. The molecule has 2 aromatic carbocycles. The molecule has 0 aliphatic rings. The molecule has 0 fully saturated rings. The minimum Gasteiger partial charge on any atom is -0.381 e. The van der Waals surface area contributed by atoms with Gasteiger partial charge in [-0.1, -0.05) is 12.1 Å². The number of anilines is 1. The van der Waals surface area contributed by atoms with Crippen LogP contribution in [0.4, 0.5) is 23.2 Å². The van der Waals surface area contributed by atoms with Gasteiger partial charge < -0.3 is 5.32 Å². The van der Waals surface area contributed by atoms with Crippen LogP contribution in [0.25, 0.3) is 0 Å². The number of aryl methyl sites for hydroxylation is 1. The Hall–Kier alpha value is -2.04. The van der Waals surface area contributed by atoms with Crippen molar-refractivity contribution < 1.29 is 17.6 Å². The van der Waals surface area contributed by atoms with Gasteiger partial charge >= 0.3 is 6.18 Å². The maximum absolute atomic E-state index is 12.8. The van der Waals surface area contributed by atoms with Gasteiger partial charge in [0.15, 0.2) is 0 Å². The van der Waals surface area contributed by atoms with E-state index < -0.39 is 11.7 Å². The molecule has 0 unspecified atom stereocenters. The van der Waals surface area contributed by atoms with Gasteiger partial charge in [0.1, 0.15) is 5.82 Å². The number of alkyl halides is 3. The molecule has 0 atom stereocenters. The Morgan fingerprint density at radius 2 is 1.62 bits per heavy atom. The van der Waals surface area contributed by atoms with Crippen molar-refractivity contribution in [3.05, 3.63) is 64.5 Å². The lowest BCUT2D eigenvalue weighted by molar-refractivity contribution is -0.137. The van der Waals surface area contributed by atoms with E-state index in [0.717, 1.165) is 23.3 Å². The van der Waals surface area contributed by atoms with Crippen molar-refractivity contribution in [1.29, 1.82) is 0 Å². The van der Waals surface area contributed by atoms with Gasteiger partial charge in [-0.2, -0.15) is 13.2 Å². The molecular weight excluding hydrogens is 282 g/mol. The zero-order valence-electron chi connectivity index (χ0n) is 11.7. The van der Waals surface area contributed by atoms with Crippen molar-refractivity contribution in [3.8, 4) is 0 Å². The first-order chi connectivity index (χ1) is 9.77. The third-order valence-electron chi connectivity index (χ3n) is 3.39. The van der Waals surface area contributed by atoms with Gasteiger partial charge in [0.2, 0.25) is 0 Å². The Balaban J connectivity index is 2.23. The third-order valence-corrected chi connectivity index (χ3v) is 3.39. The quantitative estimate of drug-likeness (QED) is 0.780. The number of nitrogens with one attached hydrogen (secondary N) is 1. The molecule has 0 saturated carbocycles. The minimum absolute atomic E-state index is 0.335. The van der Waals surface area contributed by atoms with Crippen molar-refractivity contribution in [2.24, 2.45) is 0 Å². The predicted molar refractivity (Wildman–Crippen MR) is 74.6 cm³/mol. The molecule has 5 heteroatoms. The fourth-order valence-corrected chi connectivity index (χ4v) is 2.01. The predicted octanol–water partition coefficient (Wildman–Crippen LogP) is 5.07. The lowest BCUT2D eigenvalue weighted by Gasteiger charge is -2.16. The highest BCUT2D eigenvalue weighted by molar-refractivity contribution is 5.56. The van der Waals surface area contributed by atoms with Crippen LogP contribution < -0.4 is 5.32 Å². The zero-order valence-corrected chi connectivity index (χ0v) is 11.7. The number of rotatable bonds is 3. The zero-order chi connectivity index (χ0) is 15.6. The summed E-state index contributed by atoms with van der Waals surface area (Å²) in [4.78, 5) is 0. The van der Waals surface area contributed by atoms with Crippen LogP contribution in [0.15, 0.2) is 36.4 Å². The summed E-state index contributed by atoms with van der Waals surface area (Å²) in [6, 6.07) is 8.07. The van der Waals surface area contributed by atoms with Gasteiger partial charge in [-0.25, -0.2) is 4.39 Å². The Morgan fingerprint density at radius 3 is 2.19 bits per heavy atom. The lowest BCUT2D eigenvalue weighted by atomic mass is 10.0. The van der Waals surface area contributed by atoms with E-state index in [-0.39, 0.29) is 5.82 Å². The van der Waals surface area contributed by atoms with E-state index >= 15 is 0 Å². The second kappa shape index (κ2) is 5.76. The van der Waals surface area contributed by atoms with Crippen LogP contribution in [0.3, 0.4) is 0 Å². The van der Waals surface area contributed by atoms with Crippen molar-refractivity contribution in [3.63, 3.8) is 0 Å². The first kappa shape index (κ1) is 15.4. The second-order valence-electron chi connectivity index (χ2n) is 4.94. The highest BCUT2D eigenvalue weighted by Crippen LogP contribution is 2.33. The van der Waals surface area contributed by atoms with Gasteiger partial charge in [0, 0.05) is 12.2 Å². The summed E-state index contributed by atoms with van der Waals surface area (Å²) in [5, 5.41) is 2.98. The number of hydrogen-bond acceptors (Lipinski definition) is 1. The molecule has 0 aliphatic heterocycles. The Morgan fingerprint density at radius 1 is 1.00 bits per heavy atom. The Bertz CT molecular complexity index is 630. The van der Waals surface area contributed by atoms with Crippen LogP contribution in [-0.4, -0.2) is 0 Å². The van der Waals surface area contributed by atoms with Crippen LogP contribution >= 0.6 is 0 Å². The summed E-state index contributed by atoms with van der Waals surface area (Å²) in [6.45, 7) is 3.75. The highest BCUT2D eigenvalue weighted by atomic mass is 19.4. The van der Waals surface area contributed by atoms with Gasteiger partial charge in [-0.3, -0.25) is 0 Å². The van der Waals surface area contributed by atoms with E-state index in [1.165, 1.54) is 12.1 Å². The molecule has 0 saturated heterocycles. The molecular formula is C16H15F4N. The van der Waals surface area contributed by atoms with Crippen LogP contribution in [-0.2, 0) is 12.7 Å². The third kappa shape index (κ3) is 3.74. The molecule has 2 rings (SSSR count). The van der Waals surface area contributed by atoms with E-state index in [1.807, 2.05) is 0 Å². The number of halogens is 4. The first-order valence-corrected chi connectivity index (χ1v) is 6.44. The Kier molecular flexibility index (Phi) is 4.21. The largest absolute Gasteiger partial charge is 0.416 e. The number of benzene rings is 2. The summed E-state index contributed by atoms with van der Waals surface area (Å²) < 4.78 is 51.3. The fraction of sp³-hybridized carbons (Fsp3) is 0.250. The van der Waals surface area contributed by atoms with E-state index in [9.17, 15) is 17.6 Å². The second-order valence-corrected chi connectivity index (χ2v) is 4.94. The van der Waals surface area contributed by atoms with Crippen LogP contribution in [0, 0.1) is 19.7 Å². The molecule has 0 heterocycles. The maximum Gasteiger partial charge on any atom is 0.416 e. The first-order valence-electron chi connectivity index (χ1n) is 6.44. The lowest BCUT2D eigenvalue weighted by Crippen LogP contribution is -2.09. The average Bonchev–Trinajstić information content (AvgIpc) is 2.41.